The minimum absolute atomic E-state index is 0.465. The van der Waals surface area contributed by atoms with Crippen molar-refractivity contribution in [1.82, 2.24) is 4.98 Å². The summed E-state index contributed by atoms with van der Waals surface area (Å²) in [5.74, 6) is -0.512. The molecule has 104 valence electrons. The van der Waals surface area contributed by atoms with Gasteiger partial charge in [0.05, 0.1) is 18.4 Å². The number of fused-ring (bicyclic) bond motifs is 1. The maximum absolute atomic E-state index is 11.2. The first-order chi connectivity index (χ1) is 9.60. The quantitative estimate of drug-likeness (QED) is 0.913. The van der Waals surface area contributed by atoms with Gasteiger partial charge in [-0.25, -0.2) is 4.98 Å². The van der Waals surface area contributed by atoms with E-state index in [1.54, 1.807) is 18.4 Å². The third-order valence-electron chi connectivity index (χ3n) is 3.41. The van der Waals surface area contributed by atoms with Crippen molar-refractivity contribution in [3.05, 3.63) is 33.2 Å². The number of benzene rings is 1. The van der Waals surface area contributed by atoms with Crippen molar-refractivity contribution in [1.29, 1.82) is 0 Å². The predicted molar refractivity (Wildman–Crippen MR) is 80.5 cm³/mol. The Kier molecular flexibility index (Phi) is 3.52. The molecule has 1 aromatic heterocycles. The van der Waals surface area contributed by atoms with E-state index in [9.17, 15) is 9.90 Å². The van der Waals surface area contributed by atoms with Crippen LogP contribution in [-0.4, -0.2) is 23.2 Å². The smallest absolute Gasteiger partial charge is 0.312 e. The van der Waals surface area contributed by atoms with Crippen molar-refractivity contribution in [2.45, 2.75) is 18.8 Å². The van der Waals surface area contributed by atoms with Crippen LogP contribution >= 0.6 is 27.3 Å². The minimum atomic E-state index is -0.790. The Labute approximate surface area is 128 Å². The highest BCUT2D eigenvalue weighted by Gasteiger charge is 2.32. The van der Waals surface area contributed by atoms with Crippen LogP contribution in [0.25, 0.3) is 10.6 Å². The summed E-state index contributed by atoms with van der Waals surface area (Å²) in [4.78, 5) is 16.8. The van der Waals surface area contributed by atoms with E-state index in [0.29, 0.717) is 6.42 Å². The summed E-state index contributed by atoms with van der Waals surface area (Å²) in [6.45, 7) is 0. The summed E-state index contributed by atoms with van der Waals surface area (Å²) in [5.41, 5.74) is 1.62. The first kappa shape index (κ1) is 13.6. The highest BCUT2D eigenvalue weighted by molar-refractivity contribution is 9.10. The van der Waals surface area contributed by atoms with Crippen LogP contribution in [-0.2, 0) is 11.2 Å². The van der Waals surface area contributed by atoms with Crippen LogP contribution < -0.4 is 4.74 Å². The van der Waals surface area contributed by atoms with Gasteiger partial charge in [0.25, 0.3) is 0 Å². The number of aliphatic carboxylic acids is 1. The van der Waals surface area contributed by atoms with Crippen molar-refractivity contribution in [2.24, 2.45) is 0 Å². The number of hydrogen-bond donors (Lipinski definition) is 1. The summed E-state index contributed by atoms with van der Waals surface area (Å²) >= 11 is 5.00. The molecule has 0 spiro atoms. The van der Waals surface area contributed by atoms with Gasteiger partial charge in [-0.3, -0.25) is 4.79 Å². The van der Waals surface area contributed by atoms with Crippen LogP contribution in [0, 0.1) is 0 Å². The third-order valence-corrected chi connectivity index (χ3v) is 5.07. The molecule has 4 nitrogen and oxygen atoms in total. The fourth-order valence-electron chi connectivity index (χ4n) is 2.43. The van der Waals surface area contributed by atoms with Crippen molar-refractivity contribution in [3.63, 3.8) is 0 Å². The number of halogens is 1. The van der Waals surface area contributed by atoms with Crippen molar-refractivity contribution >= 4 is 33.2 Å². The van der Waals surface area contributed by atoms with E-state index in [-0.39, 0.29) is 0 Å². The lowest BCUT2D eigenvalue weighted by Gasteiger charge is -2.07. The average molecular weight is 354 g/mol. The number of rotatable bonds is 3. The van der Waals surface area contributed by atoms with Gasteiger partial charge in [-0.2, -0.15) is 0 Å². The van der Waals surface area contributed by atoms with E-state index >= 15 is 0 Å². The van der Waals surface area contributed by atoms with Crippen molar-refractivity contribution < 1.29 is 14.6 Å². The summed E-state index contributed by atoms with van der Waals surface area (Å²) in [5, 5.41) is 10.0. The Balaban J connectivity index is 2.07. The Morgan fingerprint density at radius 3 is 3.05 bits per heavy atom. The van der Waals surface area contributed by atoms with Crippen LogP contribution in [0.1, 0.15) is 22.9 Å². The number of carboxylic acids is 1. The second kappa shape index (κ2) is 5.18. The van der Waals surface area contributed by atoms with Gasteiger partial charge in [0.2, 0.25) is 0 Å². The van der Waals surface area contributed by atoms with Gasteiger partial charge >= 0.3 is 5.97 Å². The normalized spacial score (nSPS) is 17.0. The van der Waals surface area contributed by atoms with Crippen molar-refractivity contribution in [2.75, 3.05) is 7.11 Å². The SMILES string of the molecule is COc1ccc(Br)cc1-c1nc2c(s1)CCC2C(=O)O. The molecule has 1 heterocycles. The molecule has 1 unspecified atom stereocenters. The van der Waals surface area contributed by atoms with E-state index < -0.39 is 11.9 Å². The van der Waals surface area contributed by atoms with Crippen molar-refractivity contribution in [3.8, 4) is 16.3 Å². The zero-order valence-electron chi connectivity index (χ0n) is 10.7. The topological polar surface area (TPSA) is 59.4 Å². The maximum Gasteiger partial charge on any atom is 0.312 e. The molecule has 0 amide bonds. The summed E-state index contributed by atoms with van der Waals surface area (Å²) in [6.07, 6.45) is 1.44. The zero-order chi connectivity index (χ0) is 14.3. The molecule has 3 rings (SSSR count). The third kappa shape index (κ3) is 2.23. The zero-order valence-corrected chi connectivity index (χ0v) is 13.1. The van der Waals surface area contributed by atoms with E-state index in [4.69, 9.17) is 4.74 Å². The number of carboxylic acid groups (broad SMARTS) is 1. The van der Waals surface area contributed by atoms with Crippen LogP contribution in [0.2, 0.25) is 0 Å². The number of thiazole rings is 1. The van der Waals surface area contributed by atoms with E-state index in [2.05, 4.69) is 20.9 Å². The van der Waals surface area contributed by atoms with E-state index in [1.165, 1.54) is 0 Å². The fraction of sp³-hybridized carbons (Fsp3) is 0.286. The molecule has 0 saturated carbocycles. The molecule has 1 aromatic carbocycles. The van der Waals surface area contributed by atoms with Gasteiger partial charge in [-0.1, -0.05) is 15.9 Å². The molecule has 0 aliphatic heterocycles. The summed E-state index contributed by atoms with van der Waals surface area (Å²) in [6, 6.07) is 5.73. The van der Waals surface area contributed by atoms with Gasteiger partial charge in [0.15, 0.2) is 0 Å². The number of hydrogen-bond acceptors (Lipinski definition) is 4. The second-order valence-corrected chi connectivity index (χ2v) is 6.60. The highest BCUT2D eigenvalue weighted by atomic mass is 79.9. The van der Waals surface area contributed by atoms with Gasteiger partial charge in [0.1, 0.15) is 16.7 Å². The standard InChI is InChI=1S/C14H12BrNO3S/c1-19-10-4-2-7(15)6-9(10)13-16-12-8(14(17)18)3-5-11(12)20-13/h2,4,6,8H,3,5H2,1H3,(H,17,18). The lowest BCUT2D eigenvalue weighted by atomic mass is 10.1. The minimum Gasteiger partial charge on any atom is -0.496 e. The lowest BCUT2D eigenvalue weighted by Crippen LogP contribution is -2.08. The average Bonchev–Trinajstić information content (AvgIpc) is 2.97. The number of methoxy groups -OCH3 is 1. The monoisotopic (exact) mass is 353 g/mol. The number of aromatic nitrogens is 1. The number of carbonyl (C=O) groups is 1. The van der Waals surface area contributed by atoms with Crippen LogP contribution in [0.5, 0.6) is 5.75 Å². The molecular formula is C14H12BrNO3S. The molecule has 6 heteroatoms. The summed E-state index contributed by atoms with van der Waals surface area (Å²) < 4.78 is 6.30. The second-order valence-electron chi connectivity index (χ2n) is 4.60. The van der Waals surface area contributed by atoms with Gasteiger partial charge in [0, 0.05) is 9.35 Å². The number of ether oxygens (including phenoxy) is 1. The molecule has 0 bridgehead atoms. The van der Waals surface area contributed by atoms with Crippen LogP contribution in [0.4, 0.5) is 0 Å². The molecule has 0 saturated heterocycles. The summed E-state index contributed by atoms with van der Waals surface area (Å²) in [7, 11) is 1.62. The first-order valence-corrected chi connectivity index (χ1v) is 7.77. The highest BCUT2D eigenvalue weighted by Crippen LogP contribution is 2.42. The van der Waals surface area contributed by atoms with E-state index in [0.717, 1.165) is 37.8 Å². The lowest BCUT2D eigenvalue weighted by molar-refractivity contribution is -0.138. The van der Waals surface area contributed by atoms with E-state index in [1.807, 2.05) is 18.2 Å². The fourth-order valence-corrected chi connectivity index (χ4v) is 3.95. The molecule has 0 radical (unpaired) electrons. The van der Waals surface area contributed by atoms with Crippen LogP contribution in [0.3, 0.4) is 0 Å². The number of nitrogens with zero attached hydrogens (tertiary/aromatic N) is 1. The number of aryl methyl sites for hydroxylation is 1. The van der Waals surface area contributed by atoms with Gasteiger partial charge in [-0.05, 0) is 31.0 Å². The molecule has 1 atom stereocenters. The largest absolute Gasteiger partial charge is 0.496 e. The molecule has 2 aromatic rings. The molecular weight excluding hydrogens is 342 g/mol. The Bertz CT molecular complexity index is 683. The Morgan fingerprint density at radius 1 is 1.55 bits per heavy atom. The Morgan fingerprint density at radius 2 is 2.35 bits per heavy atom. The first-order valence-electron chi connectivity index (χ1n) is 6.16. The Hall–Kier alpha value is -1.40. The predicted octanol–water partition coefficient (Wildman–Crippen LogP) is 3.70. The molecule has 1 N–H and O–H groups in total. The molecule has 0 fully saturated rings. The van der Waals surface area contributed by atoms with Gasteiger partial charge < -0.3 is 9.84 Å². The van der Waals surface area contributed by atoms with Crippen LogP contribution in [0.15, 0.2) is 22.7 Å². The molecule has 20 heavy (non-hydrogen) atoms. The molecule has 1 aliphatic rings. The van der Waals surface area contributed by atoms with Gasteiger partial charge in [-0.15, -0.1) is 11.3 Å². The maximum atomic E-state index is 11.2. The molecule has 1 aliphatic carbocycles.